The second kappa shape index (κ2) is 5.65. The van der Waals surface area contributed by atoms with E-state index in [9.17, 15) is 8.42 Å². The molecular weight excluding hydrogens is 238 g/mol. The van der Waals surface area contributed by atoms with E-state index in [1.54, 1.807) is 4.31 Å². The monoisotopic (exact) mass is 261 g/mol. The number of nitrogens with zero attached hydrogens (tertiary/aromatic N) is 1. The molecule has 0 aromatic heterocycles. The average Bonchev–Trinajstić information content (AvgIpc) is 2.27. The highest BCUT2D eigenvalue weighted by Crippen LogP contribution is 2.25. The van der Waals surface area contributed by atoms with E-state index in [1.165, 1.54) is 6.42 Å². The van der Waals surface area contributed by atoms with Crippen LogP contribution >= 0.6 is 0 Å². The summed E-state index contributed by atoms with van der Waals surface area (Å²) in [7, 11) is -3.27. The number of nitrogens with one attached hydrogen (secondary N) is 1. The van der Waals surface area contributed by atoms with E-state index in [0.717, 1.165) is 25.7 Å². The lowest BCUT2D eigenvalue weighted by Gasteiger charge is -2.32. The first-order valence-corrected chi connectivity index (χ1v) is 8.00. The van der Waals surface area contributed by atoms with Crippen molar-refractivity contribution in [2.75, 3.05) is 26.2 Å². The van der Waals surface area contributed by atoms with Gasteiger partial charge in [-0.15, -0.1) is 0 Å². The third-order valence-corrected chi connectivity index (χ3v) is 5.48. The van der Waals surface area contributed by atoms with Crippen LogP contribution in [-0.2, 0) is 10.2 Å². The van der Waals surface area contributed by atoms with Gasteiger partial charge in [0.05, 0.1) is 0 Å². The zero-order valence-electron chi connectivity index (χ0n) is 10.3. The van der Waals surface area contributed by atoms with Crippen molar-refractivity contribution in [2.24, 2.45) is 17.6 Å². The molecule has 1 aliphatic heterocycles. The molecule has 6 heteroatoms. The van der Waals surface area contributed by atoms with Crippen molar-refractivity contribution in [2.45, 2.75) is 32.1 Å². The lowest BCUT2D eigenvalue weighted by molar-refractivity contribution is 0.263. The summed E-state index contributed by atoms with van der Waals surface area (Å²) in [4.78, 5) is 0. The second-order valence-corrected chi connectivity index (χ2v) is 7.01. The van der Waals surface area contributed by atoms with Gasteiger partial charge in [0.2, 0.25) is 0 Å². The van der Waals surface area contributed by atoms with Gasteiger partial charge in [0.25, 0.3) is 10.2 Å². The predicted octanol–water partition coefficient (Wildman–Crippen LogP) is 0.292. The molecule has 1 unspecified atom stereocenters. The minimum atomic E-state index is -3.27. The maximum Gasteiger partial charge on any atom is 0.279 e. The van der Waals surface area contributed by atoms with Crippen LogP contribution in [0.5, 0.6) is 0 Å². The zero-order valence-corrected chi connectivity index (χ0v) is 11.1. The lowest BCUT2D eigenvalue weighted by Crippen LogP contribution is -2.48. The van der Waals surface area contributed by atoms with Crippen LogP contribution in [0.4, 0.5) is 0 Å². The normalized spacial score (nSPS) is 27.9. The van der Waals surface area contributed by atoms with Crippen LogP contribution in [0.2, 0.25) is 0 Å². The first-order chi connectivity index (χ1) is 8.12. The Morgan fingerprint density at radius 2 is 1.88 bits per heavy atom. The summed E-state index contributed by atoms with van der Waals surface area (Å²) in [6, 6.07) is 0. The molecule has 0 bridgehead atoms. The Hall–Kier alpha value is -0.170. The fraction of sp³-hybridized carbons (Fsp3) is 1.00. The lowest BCUT2D eigenvalue weighted by atomic mass is 9.86. The van der Waals surface area contributed by atoms with Crippen LogP contribution in [0, 0.1) is 11.8 Å². The largest absolute Gasteiger partial charge is 0.330 e. The molecule has 2 rings (SSSR count). The first-order valence-electron chi connectivity index (χ1n) is 6.56. The Bertz CT molecular complexity index is 341. The fourth-order valence-electron chi connectivity index (χ4n) is 2.45. The molecule has 17 heavy (non-hydrogen) atoms. The van der Waals surface area contributed by atoms with Gasteiger partial charge < -0.3 is 5.73 Å². The van der Waals surface area contributed by atoms with Crippen molar-refractivity contribution in [3.63, 3.8) is 0 Å². The molecule has 1 aliphatic carbocycles. The summed E-state index contributed by atoms with van der Waals surface area (Å²) in [5.41, 5.74) is 5.62. The maximum atomic E-state index is 12.1. The average molecular weight is 261 g/mol. The standard InChI is InChI=1S/C11H23N3O2S/c12-7-11-5-2-6-14(9-11)17(15,16)13-8-10-3-1-4-10/h10-11,13H,1-9,12H2. The van der Waals surface area contributed by atoms with Gasteiger partial charge >= 0.3 is 0 Å². The van der Waals surface area contributed by atoms with Gasteiger partial charge in [-0.05, 0) is 44.1 Å². The molecule has 3 N–H and O–H groups in total. The highest BCUT2D eigenvalue weighted by Gasteiger charge is 2.29. The van der Waals surface area contributed by atoms with Gasteiger partial charge in [-0.2, -0.15) is 12.7 Å². The molecule has 5 nitrogen and oxygen atoms in total. The van der Waals surface area contributed by atoms with E-state index in [1.807, 2.05) is 0 Å². The van der Waals surface area contributed by atoms with Crippen molar-refractivity contribution in [3.8, 4) is 0 Å². The Morgan fingerprint density at radius 1 is 1.18 bits per heavy atom. The first kappa shape index (κ1) is 13.3. The van der Waals surface area contributed by atoms with Gasteiger partial charge in [-0.1, -0.05) is 6.42 Å². The predicted molar refractivity (Wildman–Crippen MR) is 67.6 cm³/mol. The third-order valence-electron chi connectivity index (χ3n) is 3.93. The molecule has 1 saturated carbocycles. The summed E-state index contributed by atoms with van der Waals surface area (Å²) >= 11 is 0. The highest BCUT2D eigenvalue weighted by molar-refractivity contribution is 7.87. The molecule has 0 aromatic rings. The molecule has 100 valence electrons. The van der Waals surface area contributed by atoms with Crippen LogP contribution in [0.1, 0.15) is 32.1 Å². The SMILES string of the molecule is NCC1CCCN(S(=O)(=O)NCC2CCC2)C1. The fourth-order valence-corrected chi connectivity index (χ4v) is 3.85. The van der Waals surface area contributed by atoms with Crippen molar-refractivity contribution in [3.05, 3.63) is 0 Å². The molecular formula is C11H23N3O2S. The van der Waals surface area contributed by atoms with E-state index >= 15 is 0 Å². The van der Waals surface area contributed by atoms with Gasteiger partial charge in [-0.3, -0.25) is 0 Å². The van der Waals surface area contributed by atoms with Gasteiger partial charge in [0, 0.05) is 19.6 Å². The zero-order chi connectivity index (χ0) is 12.3. The van der Waals surface area contributed by atoms with Gasteiger partial charge in [-0.25, -0.2) is 4.72 Å². The quantitative estimate of drug-likeness (QED) is 0.747. The van der Waals surface area contributed by atoms with Crippen LogP contribution < -0.4 is 10.5 Å². The summed E-state index contributed by atoms with van der Waals surface area (Å²) in [5, 5.41) is 0. The minimum Gasteiger partial charge on any atom is -0.330 e. The summed E-state index contributed by atoms with van der Waals surface area (Å²) in [6.07, 6.45) is 5.53. The number of hydrogen-bond donors (Lipinski definition) is 2. The Balaban J connectivity index is 1.85. The maximum absolute atomic E-state index is 12.1. The van der Waals surface area contributed by atoms with Crippen LogP contribution in [0.3, 0.4) is 0 Å². The Kier molecular flexibility index (Phi) is 4.41. The third kappa shape index (κ3) is 3.40. The van der Waals surface area contributed by atoms with Crippen molar-refractivity contribution < 1.29 is 8.42 Å². The molecule has 0 aromatic carbocycles. The van der Waals surface area contributed by atoms with E-state index in [4.69, 9.17) is 5.73 Å². The molecule has 0 radical (unpaired) electrons. The number of rotatable bonds is 5. The number of hydrogen-bond acceptors (Lipinski definition) is 3. The van der Waals surface area contributed by atoms with Crippen LogP contribution in [0.25, 0.3) is 0 Å². The number of nitrogens with two attached hydrogens (primary N) is 1. The molecule has 2 fully saturated rings. The molecule has 1 heterocycles. The van der Waals surface area contributed by atoms with Crippen molar-refractivity contribution in [1.82, 2.24) is 9.03 Å². The van der Waals surface area contributed by atoms with Crippen molar-refractivity contribution >= 4 is 10.2 Å². The van der Waals surface area contributed by atoms with E-state index < -0.39 is 10.2 Å². The highest BCUT2D eigenvalue weighted by atomic mass is 32.2. The van der Waals surface area contributed by atoms with Crippen LogP contribution in [-0.4, -0.2) is 38.9 Å². The van der Waals surface area contributed by atoms with Gasteiger partial charge in [0.15, 0.2) is 0 Å². The summed E-state index contributed by atoms with van der Waals surface area (Å²) < 4.78 is 28.4. The van der Waals surface area contributed by atoms with Crippen LogP contribution in [0.15, 0.2) is 0 Å². The molecule has 0 amide bonds. The second-order valence-electron chi connectivity index (χ2n) is 5.25. The number of piperidine rings is 1. The summed E-state index contributed by atoms with van der Waals surface area (Å²) in [6.45, 7) is 2.40. The minimum absolute atomic E-state index is 0.323. The van der Waals surface area contributed by atoms with Crippen molar-refractivity contribution in [1.29, 1.82) is 0 Å². The Morgan fingerprint density at radius 3 is 2.47 bits per heavy atom. The van der Waals surface area contributed by atoms with E-state index in [0.29, 0.717) is 38.0 Å². The Labute approximate surface area is 104 Å². The molecule has 0 spiro atoms. The van der Waals surface area contributed by atoms with E-state index in [2.05, 4.69) is 4.72 Å². The summed E-state index contributed by atoms with van der Waals surface area (Å²) in [5.74, 6) is 0.879. The molecule has 1 atom stereocenters. The molecule has 1 saturated heterocycles. The van der Waals surface area contributed by atoms with E-state index in [-0.39, 0.29) is 0 Å². The smallest absolute Gasteiger partial charge is 0.279 e. The van der Waals surface area contributed by atoms with Gasteiger partial charge in [0.1, 0.15) is 0 Å². The molecule has 2 aliphatic rings. The topological polar surface area (TPSA) is 75.4 Å².